The lowest BCUT2D eigenvalue weighted by molar-refractivity contribution is -0.127. The molecule has 38 heavy (non-hydrogen) atoms. The zero-order chi connectivity index (χ0) is 27.1. The third-order valence-corrected chi connectivity index (χ3v) is 7.89. The molecule has 4 aromatic rings. The standard InChI is InChI=1S/C26H27BrN6O3S2/c1-4-17-5-11-20(12-6-17)36-16(2)24(35)28-13-22-31-32-26(33(22)3)38-15-23(34)30-25-29-21(14-37-25)18-7-9-19(27)10-8-18/h5-12,14,16H,4,13,15H2,1-3H3,(H,28,35)(H,29,30,34)/t16-/m1/s1. The molecule has 9 nitrogen and oxygen atoms in total. The first kappa shape index (κ1) is 27.8. The Bertz CT molecular complexity index is 1390. The smallest absolute Gasteiger partial charge is 0.261 e. The third-order valence-electron chi connectivity index (χ3n) is 5.58. The van der Waals surface area contributed by atoms with Crippen LogP contribution in [0.15, 0.2) is 63.5 Å². The number of carbonyl (C=O) groups is 2. The van der Waals surface area contributed by atoms with Crippen LogP contribution in [0.3, 0.4) is 0 Å². The van der Waals surface area contributed by atoms with Gasteiger partial charge in [0.15, 0.2) is 22.2 Å². The van der Waals surface area contributed by atoms with E-state index in [0.717, 1.165) is 22.2 Å². The molecule has 2 aromatic carbocycles. The van der Waals surface area contributed by atoms with Crippen LogP contribution in [0.25, 0.3) is 11.3 Å². The highest BCUT2D eigenvalue weighted by Gasteiger charge is 2.17. The molecule has 0 spiro atoms. The van der Waals surface area contributed by atoms with Gasteiger partial charge in [-0.25, -0.2) is 4.98 Å². The molecule has 0 aliphatic rings. The summed E-state index contributed by atoms with van der Waals surface area (Å²) < 4.78 is 8.48. The van der Waals surface area contributed by atoms with Crippen molar-refractivity contribution in [1.29, 1.82) is 0 Å². The number of thiazole rings is 1. The number of hydrogen-bond donors (Lipinski definition) is 2. The number of nitrogens with one attached hydrogen (secondary N) is 2. The van der Waals surface area contributed by atoms with E-state index >= 15 is 0 Å². The molecule has 0 bridgehead atoms. The van der Waals surface area contributed by atoms with E-state index in [2.05, 4.69) is 48.7 Å². The van der Waals surface area contributed by atoms with Gasteiger partial charge >= 0.3 is 0 Å². The molecule has 198 valence electrons. The van der Waals surface area contributed by atoms with Gasteiger partial charge in [0.05, 0.1) is 18.0 Å². The van der Waals surface area contributed by atoms with Gasteiger partial charge in [-0.3, -0.25) is 9.59 Å². The van der Waals surface area contributed by atoms with E-state index in [1.807, 2.05) is 53.9 Å². The van der Waals surface area contributed by atoms with E-state index in [0.29, 0.717) is 21.9 Å². The highest BCUT2D eigenvalue weighted by atomic mass is 79.9. The summed E-state index contributed by atoms with van der Waals surface area (Å²) in [6, 6.07) is 15.5. The molecule has 1 atom stereocenters. The highest BCUT2D eigenvalue weighted by molar-refractivity contribution is 9.10. The molecule has 2 heterocycles. The first-order valence-electron chi connectivity index (χ1n) is 11.9. The van der Waals surface area contributed by atoms with Crippen LogP contribution in [-0.2, 0) is 29.6 Å². The zero-order valence-electron chi connectivity index (χ0n) is 21.1. The largest absolute Gasteiger partial charge is 0.481 e. The molecule has 0 saturated heterocycles. The number of nitrogens with zero attached hydrogens (tertiary/aromatic N) is 4. The summed E-state index contributed by atoms with van der Waals surface area (Å²) in [5.74, 6) is 0.907. The molecule has 0 unspecified atom stereocenters. The van der Waals surface area contributed by atoms with E-state index in [4.69, 9.17) is 4.74 Å². The molecule has 2 aromatic heterocycles. The Morgan fingerprint density at radius 2 is 1.87 bits per heavy atom. The number of carbonyl (C=O) groups excluding carboxylic acids is 2. The van der Waals surface area contributed by atoms with Crippen molar-refractivity contribution in [3.8, 4) is 17.0 Å². The molecule has 2 amide bonds. The van der Waals surface area contributed by atoms with Gasteiger partial charge in [0.2, 0.25) is 5.91 Å². The fraction of sp³-hybridized carbons (Fsp3) is 0.269. The number of amides is 2. The monoisotopic (exact) mass is 614 g/mol. The number of hydrogen-bond acceptors (Lipinski definition) is 8. The van der Waals surface area contributed by atoms with Crippen LogP contribution < -0.4 is 15.4 Å². The molecule has 12 heteroatoms. The average molecular weight is 616 g/mol. The number of anilines is 1. The van der Waals surface area contributed by atoms with Crippen LogP contribution in [0.1, 0.15) is 25.2 Å². The Balaban J connectivity index is 1.23. The second kappa shape index (κ2) is 13.0. The van der Waals surface area contributed by atoms with E-state index in [9.17, 15) is 9.59 Å². The summed E-state index contributed by atoms with van der Waals surface area (Å²) in [7, 11) is 1.79. The summed E-state index contributed by atoms with van der Waals surface area (Å²) >= 11 is 6.05. The lowest BCUT2D eigenvalue weighted by atomic mass is 10.2. The first-order valence-corrected chi connectivity index (χ1v) is 14.5. The van der Waals surface area contributed by atoms with Crippen molar-refractivity contribution in [1.82, 2.24) is 25.1 Å². The minimum absolute atomic E-state index is 0.146. The van der Waals surface area contributed by atoms with Crippen LogP contribution in [-0.4, -0.2) is 43.4 Å². The minimum Gasteiger partial charge on any atom is -0.481 e. The predicted octanol–water partition coefficient (Wildman–Crippen LogP) is 5.08. The Morgan fingerprint density at radius 3 is 2.58 bits per heavy atom. The summed E-state index contributed by atoms with van der Waals surface area (Å²) in [5, 5.41) is 17.0. The molecule has 0 radical (unpaired) electrons. The van der Waals surface area contributed by atoms with Gasteiger partial charge in [-0.1, -0.05) is 58.9 Å². The van der Waals surface area contributed by atoms with Crippen molar-refractivity contribution in [3.05, 3.63) is 69.8 Å². The summed E-state index contributed by atoms with van der Waals surface area (Å²) in [4.78, 5) is 29.5. The Hall–Kier alpha value is -3.22. The molecule has 0 fully saturated rings. The lowest BCUT2D eigenvalue weighted by Crippen LogP contribution is -2.36. The molecule has 2 N–H and O–H groups in total. The Morgan fingerprint density at radius 1 is 1.13 bits per heavy atom. The second-order valence-electron chi connectivity index (χ2n) is 8.31. The van der Waals surface area contributed by atoms with Crippen molar-refractivity contribution < 1.29 is 14.3 Å². The van der Waals surface area contributed by atoms with Crippen LogP contribution in [0, 0.1) is 0 Å². The first-order chi connectivity index (χ1) is 18.3. The average Bonchev–Trinajstić information content (AvgIpc) is 3.53. The number of halogens is 1. The minimum atomic E-state index is -0.664. The van der Waals surface area contributed by atoms with E-state index in [1.165, 1.54) is 28.7 Å². The predicted molar refractivity (Wildman–Crippen MR) is 153 cm³/mol. The molecule has 0 aliphatic carbocycles. The van der Waals surface area contributed by atoms with Gasteiger partial charge in [0.1, 0.15) is 5.75 Å². The van der Waals surface area contributed by atoms with Gasteiger partial charge < -0.3 is 19.9 Å². The van der Waals surface area contributed by atoms with Crippen molar-refractivity contribution in [3.63, 3.8) is 0 Å². The van der Waals surface area contributed by atoms with E-state index in [1.54, 1.807) is 18.5 Å². The van der Waals surface area contributed by atoms with Gasteiger partial charge in [-0.05, 0) is 43.2 Å². The highest BCUT2D eigenvalue weighted by Crippen LogP contribution is 2.26. The number of ether oxygens (including phenoxy) is 1. The van der Waals surface area contributed by atoms with Gasteiger partial charge in [-0.15, -0.1) is 21.5 Å². The molecular formula is C26H27BrN6O3S2. The molecule has 0 aliphatic heterocycles. The summed E-state index contributed by atoms with van der Waals surface area (Å²) in [6.07, 6.45) is 0.280. The van der Waals surface area contributed by atoms with Gasteiger partial charge in [0.25, 0.3) is 5.91 Å². The number of aromatic nitrogens is 4. The zero-order valence-corrected chi connectivity index (χ0v) is 24.3. The van der Waals surface area contributed by atoms with Crippen molar-refractivity contribution >= 4 is 56.0 Å². The molecular weight excluding hydrogens is 588 g/mol. The summed E-state index contributed by atoms with van der Waals surface area (Å²) in [6.45, 7) is 3.97. The quantitative estimate of drug-likeness (QED) is 0.227. The van der Waals surface area contributed by atoms with Crippen LogP contribution in [0.5, 0.6) is 5.75 Å². The number of thioether (sulfide) groups is 1. The van der Waals surface area contributed by atoms with Crippen LogP contribution in [0.4, 0.5) is 5.13 Å². The van der Waals surface area contributed by atoms with Gasteiger partial charge in [0, 0.05) is 22.5 Å². The topological polar surface area (TPSA) is 111 Å². The fourth-order valence-electron chi connectivity index (χ4n) is 3.37. The SMILES string of the molecule is CCc1ccc(O[C@H](C)C(=O)NCc2nnc(SCC(=O)Nc3nc(-c4ccc(Br)cc4)cs3)n2C)cc1. The number of aryl methyl sites for hydroxylation is 1. The van der Waals surface area contributed by atoms with E-state index < -0.39 is 6.10 Å². The van der Waals surface area contributed by atoms with Crippen molar-refractivity contribution in [2.75, 3.05) is 11.1 Å². The Kier molecular flexibility index (Phi) is 9.53. The Labute approximate surface area is 237 Å². The third kappa shape index (κ3) is 7.42. The van der Waals surface area contributed by atoms with Crippen LogP contribution in [0.2, 0.25) is 0 Å². The maximum atomic E-state index is 12.5. The van der Waals surface area contributed by atoms with Gasteiger partial charge in [-0.2, -0.15) is 0 Å². The van der Waals surface area contributed by atoms with Crippen molar-refractivity contribution in [2.45, 2.75) is 38.1 Å². The number of rotatable bonds is 11. The molecule has 4 rings (SSSR count). The van der Waals surface area contributed by atoms with Crippen molar-refractivity contribution in [2.24, 2.45) is 7.05 Å². The second-order valence-corrected chi connectivity index (χ2v) is 11.0. The van der Waals surface area contributed by atoms with Crippen LogP contribution >= 0.6 is 39.0 Å². The normalized spacial score (nSPS) is 11.7. The maximum absolute atomic E-state index is 12.5. The lowest BCUT2D eigenvalue weighted by Gasteiger charge is -2.15. The number of benzene rings is 2. The maximum Gasteiger partial charge on any atom is 0.261 e. The molecule has 0 saturated carbocycles. The fourth-order valence-corrected chi connectivity index (χ4v) is 5.10. The van der Waals surface area contributed by atoms with E-state index in [-0.39, 0.29) is 24.1 Å². The summed E-state index contributed by atoms with van der Waals surface area (Å²) in [5.41, 5.74) is 2.99.